The van der Waals surface area contributed by atoms with Gasteiger partial charge < -0.3 is 15.5 Å². The summed E-state index contributed by atoms with van der Waals surface area (Å²) in [7, 11) is 4.01. The number of hydrogen-bond acceptors (Lipinski definition) is 6. The fraction of sp³-hybridized carbons (Fsp3) is 0.118. The van der Waals surface area contributed by atoms with Crippen molar-refractivity contribution in [2.24, 2.45) is 0 Å². The van der Waals surface area contributed by atoms with E-state index in [9.17, 15) is 0 Å². The molecule has 3 aromatic rings. The fourth-order valence-electron chi connectivity index (χ4n) is 2.09. The van der Waals surface area contributed by atoms with Crippen LogP contribution in [-0.4, -0.2) is 29.3 Å². The Bertz CT molecular complexity index is 819. The number of halogens is 1. The zero-order valence-electron chi connectivity index (χ0n) is 13.4. The number of nitrogens with one attached hydrogen (secondary N) is 2. The SMILES string of the molecule is CN(C)c1ccc(Nc2cnnc(Nc3ccccc3Cl)n2)cc1. The van der Waals surface area contributed by atoms with Gasteiger partial charge in [-0.05, 0) is 36.4 Å². The second-order valence-electron chi connectivity index (χ2n) is 5.34. The molecule has 1 aromatic heterocycles. The van der Waals surface area contributed by atoms with Crippen molar-refractivity contribution in [1.82, 2.24) is 15.2 Å². The van der Waals surface area contributed by atoms with Crippen LogP contribution in [0.1, 0.15) is 0 Å². The van der Waals surface area contributed by atoms with Crippen LogP contribution < -0.4 is 15.5 Å². The first-order chi connectivity index (χ1) is 11.6. The molecule has 2 aromatic carbocycles. The molecule has 6 nitrogen and oxygen atoms in total. The molecule has 0 radical (unpaired) electrons. The van der Waals surface area contributed by atoms with Gasteiger partial charge in [0.2, 0.25) is 5.95 Å². The Balaban J connectivity index is 1.74. The summed E-state index contributed by atoms with van der Waals surface area (Å²) in [4.78, 5) is 6.44. The zero-order chi connectivity index (χ0) is 16.9. The summed E-state index contributed by atoms with van der Waals surface area (Å²) in [6, 6.07) is 15.4. The van der Waals surface area contributed by atoms with E-state index in [1.807, 2.05) is 61.5 Å². The molecule has 0 amide bonds. The highest BCUT2D eigenvalue weighted by Gasteiger charge is 2.05. The molecular formula is C17H17ClN6. The van der Waals surface area contributed by atoms with Crippen molar-refractivity contribution in [2.45, 2.75) is 0 Å². The molecule has 0 aliphatic carbocycles. The second-order valence-corrected chi connectivity index (χ2v) is 5.74. The van der Waals surface area contributed by atoms with Crippen LogP contribution in [0, 0.1) is 0 Å². The summed E-state index contributed by atoms with van der Waals surface area (Å²) in [5.41, 5.74) is 2.78. The highest BCUT2D eigenvalue weighted by Crippen LogP contribution is 2.24. The lowest BCUT2D eigenvalue weighted by molar-refractivity contribution is 0.982. The van der Waals surface area contributed by atoms with E-state index < -0.39 is 0 Å². The van der Waals surface area contributed by atoms with Gasteiger partial charge in [0.25, 0.3) is 0 Å². The standard InChI is InChI=1S/C17H17ClN6/c1-24(2)13-9-7-12(8-10-13)20-16-11-19-23-17(22-16)21-15-6-4-3-5-14(15)18/h3-11H,1-2H3,(H2,20,21,22,23). The normalized spacial score (nSPS) is 10.3. The van der Waals surface area contributed by atoms with Crippen LogP contribution in [-0.2, 0) is 0 Å². The minimum Gasteiger partial charge on any atom is -0.378 e. The molecule has 0 saturated carbocycles. The van der Waals surface area contributed by atoms with Gasteiger partial charge in [-0.1, -0.05) is 23.7 Å². The highest BCUT2D eigenvalue weighted by molar-refractivity contribution is 6.33. The lowest BCUT2D eigenvalue weighted by atomic mass is 10.2. The van der Waals surface area contributed by atoms with Gasteiger partial charge in [0.05, 0.1) is 16.9 Å². The van der Waals surface area contributed by atoms with Crippen molar-refractivity contribution in [2.75, 3.05) is 29.6 Å². The Morgan fingerprint density at radius 3 is 2.42 bits per heavy atom. The minimum absolute atomic E-state index is 0.373. The van der Waals surface area contributed by atoms with Crippen LogP contribution in [0.3, 0.4) is 0 Å². The molecule has 0 aliphatic heterocycles. The number of aromatic nitrogens is 3. The van der Waals surface area contributed by atoms with Gasteiger partial charge >= 0.3 is 0 Å². The molecule has 0 aliphatic rings. The Morgan fingerprint density at radius 1 is 0.958 bits per heavy atom. The third-order valence-corrected chi connectivity index (χ3v) is 3.66. The smallest absolute Gasteiger partial charge is 0.249 e. The molecule has 0 unspecified atom stereocenters. The monoisotopic (exact) mass is 340 g/mol. The van der Waals surface area contributed by atoms with E-state index in [1.165, 1.54) is 0 Å². The zero-order valence-corrected chi connectivity index (χ0v) is 14.1. The van der Waals surface area contributed by atoms with Crippen molar-refractivity contribution in [3.8, 4) is 0 Å². The largest absolute Gasteiger partial charge is 0.378 e. The van der Waals surface area contributed by atoms with Gasteiger partial charge in [0, 0.05) is 25.5 Å². The number of nitrogens with zero attached hydrogens (tertiary/aromatic N) is 4. The van der Waals surface area contributed by atoms with Crippen LogP contribution in [0.5, 0.6) is 0 Å². The maximum Gasteiger partial charge on any atom is 0.249 e. The van der Waals surface area contributed by atoms with E-state index in [0.29, 0.717) is 16.8 Å². The molecular weight excluding hydrogens is 324 g/mol. The Labute approximate surface area is 145 Å². The van der Waals surface area contributed by atoms with Gasteiger partial charge in [-0.15, -0.1) is 5.10 Å². The molecule has 122 valence electrons. The van der Waals surface area contributed by atoms with Gasteiger partial charge in [-0.3, -0.25) is 0 Å². The lowest BCUT2D eigenvalue weighted by Crippen LogP contribution is -2.08. The van der Waals surface area contributed by atoms with E-state index in [2.05, 4.69) is 25.8 Å². The van der Waals surface area contributed by atoms with Crippen LogP contribution >= 0.6 is 11.6 Å². The molecule has 0 saturated heterocycles. The summed E-state index contributed by atoms with van der Waals surface area (Å²) in [5, 5.41) is 14.8. The number of anilines is 5. The average molecular weight is 341 g/mol. The van der Waals surface area contributed by atoms with E-state index in [-0.39, 0.29) is 0 Å². The van der Waals surface area contributed by atoms with Gasteiger partial charge in [0.1, 0.15) is 0 Å². The molecule has 7 heteroatoms. The quantitative estimate of drug-likeness (QED) is 0.729. The average Bonchev–Trinajstić information content (AvgIpc) is 2.58. The predicted molar refractivity (Wildman–Crippen MR) is 98.6 cm³/mol. The Morgan fingerprint density at radius 2 is 1.71 bits per heavy atom. The molecule has 2 N–H and O–H groups in total. The van der Waals surface area contributed by atoms with Crippen LogP contribution in [0.25, 0.3) is 0 Å². The first kappa shape index (κ1) is 16.0. The molecule has 0 fully saturated rings. The van der Waals surface area contributed by atoms with Crippen molar-refractivity contribution >= 4 is 40.4 Å². The first-order valence-corrected chi connectivity index (χ1v) is 7.75. The van der Waals surface area contributed by atoms with Crippen molar-refractivity contribution in [1.29, 1.82) is 0 Å². The van der Waals surface area contributed by atoms with Crippen molar-refractivity contribution in [3.63, 3.8) is 0 Å². The third-order valence-electron chi connectivity index (χ3n) is 3.34. The van der Waals surface area contributed by atoms with Gasteiger partial charge in [0.15, 0.2) is 5.82 Å². The molecule has 3 rings (SSSR count). The summed E-state index contributed by atoms with van der Waals surface area (Å²) >= 11 is 6.13. The predicted octanol–water partition coefficient (Wildman–Crippen LogP) is 4.08. The van der Waals surface area contributed by atoms with Gasteiger partial charge in [-0.2, -0.15) is 10.1 Å². The number of hydrogen-bond donors (Lipinski definition) is 2. The third kappa shape index (κ3) is 3.91. The topological polar surface area (TPSA) is 66.0 Å². The molecule has 1 heterocycles. The summed E-state index contributed by atoms with van der Waals surface area (Å²) in [6.07, 6.45) is 1.57. The van der Waals surface area contributed by atoms with Crippen LogP contribution in [0.2, 0.25) is 5.02 Å². The van der Waals surface area contributed by atoms with Crippen molar-refractivity contribution < 1.29 is 0 Å². The first-order valence-electron chi connectivity index (χ1n) is 7.37. The van der Waals surface area contributed by atoms with E-state index in [0.717, 1.165) is 17.1 Å². The Kier molecular flexibility index (Phi) is 4.77. The molecule has 24 heavy (non-hydrogen) atoms. The second kappa shape index (κ2) is 7.14. The molecule has 0 atom stereocenters. The van der Waals surface area contributed by atoms with E-state index in [1.54, 1.807) is 12.3 Å². The summed E-state index contributed by atoms with van der Waals surface area (Å²) in [5.74, 6) is 0.968. The number of para-hydroxylation sites is 1. The van der Waals surface area contributed by atoms with E-state index >= 15 is 0 Å². The number of benzene rings is 2. The minimum atomic E-state index is 0.373. The summed E-state index contributed by atoms with van der Waals surface area (Å²) < 4.78 is 0. The molecule has 0 bridgehead atoms. The maximum absolute atomic E-state index is 6.13. The van der Waals surface area contributed by atoms with Crippen molar-refractivity contribution in [3.05, 3.63) is 59.8 Å². The van der Waals surface area contributed by atoms with Crippen LogP contribution in [0.15, 0.2) is 54.7 Å². The maximum atomic E-state index is 6.13. The van der Waals surface area contributed by atoms with Crippen LogP contribution in [0.4, 0.5) is 28.8 Å². The Hall–Kier alpha value is -2.86. The van der Waals surface area contributed by atoms with E-state index in [4.69, 9.17) is 11.6 Å². The lowest BCUT2D eigenvalue weighted by Gasteiger charge is -2.13. The molecule has 0 spiro atoms. The highest BCUT2D eigenvalue weighted by atomic mass is 35.5. The number of rotatable bonds is 5. The summed E-state index contributed by atoms with van der Waals surface area (Å²) in [6.45, 7) is 0. The van der Waals surface area contributed by atoms with Gasteiger partial charge in [-0.25, -0.2) is 0 Å². The fourth-order valence-corrected chi connectivity index (χ4v) is 2.27.